The van der Waals surface area contributed by atoms with Crippen molar-refractivity contribution in [2.24, 2.45) is 5.92 Å². The minimum atomic E-state index is -0.895. The van der Waals surface area contributed by atoms with Gasteiger partial charge in [0.05, 0.1) is 22.9 Å². The average molecular weight is 617 g/mol. The Morgan fingerprint density at radius 3 is 2.58 bits per heavy atom. The summed E-state index contributed by atoms with van der Waals surface area (Å²) in [6.45, 7) is 9.42. The first-order chi connectivity index (χ1) is 21.6. The molecule has 9 nitrogen and oxygen atoms in total. The molecular weight excluding hydrogens is 575 g/mol. The lowest BCUT2D eigenvalue weighted by Crippen LogP contribution is -2.40. The van der Waals surface area contributed by atoms with Crippen LogP contribution in [0.15, 0.2) is 53.7 Å². The molecule has 5 rings (SSSR count). The minimum absolute atomic E-state index is 0.107. The van der Waals surface area contributed by atoms with Crippen LogP contribution in [0.4, 0.5) is 15.8 Å². The zero-order valence-corrected chi connectivity index (χ0v) is 25.9. The Labute approximate surface area is 262 Å². The van der Waals surface area contributed by atoms with E-state index in [1.807, 2.05) is 43.0 Å². The molecule has 2 fully saturated rings. The van der Waals surface area contributed by atoms with Crippen LogP contribution in [0.2, 0.25) is 0 Å². The first kappa shape index (κ1) is 31.9. The number of carbonyl (C=O) groups excluding carboxylic acids is 2. The van der Waals surface area contributed by atoms with E-state index in [9.17, 15) is 19.5 Å². The molecule has 2 aliphatic carbocycles. The van der Waals surface area contributed by atoms with Gasteiger partial charge in [0.15, 0.2) is 11.6 Å². The van der Waals surface area contributed by atoms with Gasteiger partial charge >= 0.3 is 5.97 Å². The van der Waals surface area contributed by atoms with E-state index in [1.165, 1.54) is 18.4 Å². The minimum Gasteiger partial charge on any atom is -0.481 e. The molecule has 2 atom stereocenters. The number of benzene rings is 2. The van der Waals surface area contributed by atoms with Gasteiger partial charge in [-0.05, 0) is 74.6 Å². The molecule has 238 valence electrons. The molecule has 2 saturated carbocycles. The van der Waals surface area contributed by atoms with Gasteiger partial charge in [0, 0.05) is 31.1 Å². The van der Waals surface area contributed by atoms with Crippen LogP contribution in [0.25, 0.3) is 5.57 Å². The summed E-state index contributed by atoms with van der Waals surface area (Å²) in [6.07, 6.45) is 6.72. The van der Waals surface area contributed by atoms with Crippen LogP contribution in [0.3, 0.4) is 0 Å². The number of aryl methyl sites for hydroxylation is 1. The van der Waals surface area contributed by atoms with Crippen molar-refractivity contribution in [1.82, 2.24) is 10.3 Å². The lowest BCUT2D eigenvalue weighted by atomic mass is 9.85. The molecule has 0 aliphatic heterocycles. The molecule has 10 heteroatoms. The maximum absolute atomic E-state index is 15.8. The normalized spacial score (nSPS) is 17.8. The molecule has 3 N–H and O–H groups in total. The van der Waals surface area contributed by atoms with E-state index in [0.29, 0.717) is 50.4 Å². The van der Waals surface area contributed by atoms with Gasteiger partial charge in [-0.3, -0.25) is 14.4 Å². The molecule has 0 bridgehead atoms. The number of carbonyl (C=O) groups is 3. The van der Waals surface area contributed by atoms with E-state index in [4.69, 9.17) is 4.42 Å². The number of halogens is 1. The fourth-order valence-corrected chi connectivity index (χ4v) is 6.00. The predicted octanol–water partition coefficient (Wildman–Crippen LogP) is 6.94. The first-order valence-electron chi connectivity index (χ1n) is 15.8. The maximum Gasteiger partial charge on any atom is 0.306 e. The summed E-state index contributed by atoms with van der Waals surface area (Å²) in [5.41, 5.74) is 3.70. The summed E-state index contributed by atoms with van der Waals surface area (Å²) in [4.78, 5) is 44.6. The third kappa shape index (κ3) is 7.79. The summed E-state index contributed by atoms with van der Waals surface area (Å²) < 4.78 is 21.3. The molecule has 0 spiro atoms. The van der Waals surface area contributed by atoms with Gasteiger partial charge < -0.3 is 25.1 Å². The monoisotopic (exact) mass is 616 g/mol. The summed E-state index contributed by atoms with van der Waals surface area (Å²) in [7, 11) is 0. The number of nitrogens with zero attached hydrogens (tertiary/aromatic N) is 2. The van der Waals surface area contributed by atoms with Gasteiger partial charge in [-0.2, -0.15) is 0 Å². The van der Waals surface area contributed by atoms with Gasteiger partial charge in [-0.25, -0.2) is 9.37 Å². The van der Waals surface area contributed by atoms with E-state index in [1.54, 1.807) is 0 Å². The Bertz CT molecular complexity index is 1580. The van der Waals surface area contributed by atoms with E-state index in [2.05, 4.69) is 22.2 Å². The molecular formula is C35H41FN4O5. The van der Waals surface area contributed by atoms with Crippen LogP contribution in [-0.4, -0.2) is 47.0 Å². The van der Waals surface area contributed by atoms with Crippen LogP contribution >= 0.6 is 0 Å². The summed E-state index contributed by atoms with van der Waals surface area (Å²) in [6, 6.07) is 10.3. The molecule has 2 aliphatic rings. The highest BCUT2D eigenvalue weighted by Crippen LogP contribution is 2.39. The Morgan fingerprint density at radius 2 is 1.87 bits per heavy atom. The SMILES string of the molecule is C=C(CCN(CCC)c1cc(F)c(C(=O)N[C@@H]2CCC[C@H](C(=O)O)C2)cc1NC(=O)c1coc(C2CC2)n1)c1ccccc1C. The van der Waals surface area contributed by atoms with Crippen molar-refractivity contribution in [2.75, 3.05) is 23.3 Å². The largest absolute Gasteiger partial charge is 0.481 e. The Balaban J connectivity index is 1.42. The molecule has 2 amide bonds. The number of oxazole rings is 1. The molecule has 0 radical (unpaired) electrons. The zero-order valence-electron chi connectivity index (χ0n) is 25.9. The third-order valence-corrected chi connectivity index (χ3v) is 8.66. The van der Waals surface area contributed by atoms with E-state index < -0.39 is 29.5 Å². The third-order valence-electron chi connectivity index (χ3n) is 8.66. The molecule has 1 aromatic heterocycles. The highest BCUT2D eigenvalue weighted by atomic mass is 19.1. The lowest BCUT2D eigenvalue weighted by Gasteiger charge is -2.29. The van der Waals surface area contributed by atoms with Crippen LogP contribution in [0.1, 0.15) is 102 Å². The van der Waals surface area contributed by atoms with Crippen molar-refractivity contribution in [1.29, 1.82) is 0 Å². The number of hydrogen-bond acceptors (Lipinski definition) is 6. The lowest BCUT2D eigenvalue weighted by molar-refractivity contribution is -0.143. The highest BCUT2D eigenvalue weighted by Gasteiger charge is 2.31. The maximum atomic E-state index is 15.8. The number of carboxylic acids is 1. The number of anilines is 2. The van der Waals surface area contributed by atoms with E-state index in [-0.39, 0.29) is 35.3 Å². The van der Waals surface area contributed by atoms with Crippen molar-refractivity contribution in [3.05, 3.63) is 83.3 Å². The standard InChI is InChI=1S/C35H41FN4O5/c1-4-15-40(16-14-22(3)26-11-6-5-8-21(26)2)31-19-28(36)27(32(41)37-25-10-7-9-24(17-25)35(43)44)18-29(31)38-33(42)30-20-45-34(39-30)23-12-13-23/h5-6,8,11,18-20,23-25H,3-4,7,9-10,12-17H2,1-2H3,(H,37,41)(H,38,42)(H,43,44)/t24-,25+/m0/s1. The highest BCUT2D eigenvalue weighted by molar-refractivity contribution is 6.06. The van der Waals surface area contributed by atoms with Crippen molar-refractivity contribution in [3.8, 4) is 0 Å². The van der Waals surface area contributed by atoms with Crippen molar-refractivity contribution in [3.63, 3.8) is 0 Å². The summed E-state index contributed by atoms with van der Waals surface area (Å²) in [5.74, 6) is -2.61. The smallest absolute Gasteiger partial charge is 0.306 e. The predicted molar refractivity (Wildman–Crippen MR) is 171 cm³/mol. The Hall–Kier alpha value is -4.47. The van der Waals surface area contributed by atoms with Crippen molar-refractivity contribution < 1.29 is 28.3 Å². The Morgan fingerprint density at radius 1 is 1.09 bits per heavy atom. The fraction of sp³-hybridized carbons (Fsp3) is 0.429. The summed E-state index contributed by atoms with van der Waals surface area (Å²) in [5, 5.41) is 15.1. The number of rotatable bonds is 13. The number of aliphatic carboxylic acids is 1. The second kappa shape index (κ2) is 14.1. The molecule has 2 aromatic carbocycles. The van der Waals surface area contributed by atoms with Crippen LogP contribution in [0, 0.1) is 18.7 Å². The molecule has 1 heterocycles. The van der Waals surface area contributed by atoms with Gasteiger partial charge in [-0.1, -0.05) is 44.2 Å². The summed E-state index contributed by atoms with van der Waals surface area (Å²) >= 11 is 0. The van der Waals surface area contributed by atoms with Crippen molar-refractivity contribution in [2.45, 2.75) is 77.2 Å². The quantitative estimate of drug-likeness (QED) is 0.190. The van der Waals surface area contributed by atoms with E-state index in [0.717, 1.165) is 36.0 Å². The second-order valence-electron chi connectivity index (χ2n) is 12.2. The Kier molecular flexibility index (Phi) is 10.0. The van der Waals surface area contributed by atoms with Crippen LogP contribution in [0.5, 0.6) is 0 Å². The number of hydrogen-bond donors (Lipinski definition) is 3. The fourth-order valence-electron chi connectivity index (χ4n) is 6.00. The van der Waals surface area contributed by atoms with E-state index >= 15 is 4.39 Å². The van der Waals surface area contributed by atoms with Gasteiger partial charge in [-0.15, -0.1) is 0 Å². The molecule has 45 heavy (non-hydrogen) atoms. The topological polar surface area (TPSA) is 125 Å². The van der Waals surface area contributed by atoms with Crippen LogP contribution < -0.4 is 15.5 Å². The number of carboxylic acid groups (broad SMARTS) is 1. The van der Waals surface area contributed by atoms with Gasteiger partial charge in [0.2, 0.25) is 0 Å². The van der Waals surface area contributed by atoms with Crippen molar-refractivity contribution >= 4 is 34.7 Å². The average Bonchev–Trinajstić information content (AvgIpc) is 3.75. The zero-order chi connectivity index (χ0) is 32.1. The van der Waals surface area contributed by atoms with Gasteiger partial charge in [0.25, 0.3) is 11.8 Å². The van der Waals surface area contributed by atoms with Crippen LogP contribution in [-0.2, 0) is 4.79 Å². The molecule has 3 aromatic rings. The number of nitrogens with one attached hydrogen (secondary N) is 2. The molecule has 0 unspecified atom stereocenters. The first-order valence-corrected chi connectivity index (χ1v) is 15.8. The number of aromatic nitrogens is 1. The number of amides is 2. The molecule has 0 saturated heterocycles. The van der Waals surface area contributed by atoms with Gasteiger partial charge in [0.1, 0.15) is 12.1 Å². The second-order valence-corrected chi connectivity index (χ2v) is 12.2.